The molecular formula is C40H39Cl2N7O6. The zero-order valence-corrected chi connectivity index (χ0v) is 31.7. The predicted molar refractivity (Wildman–Crippen MR) is 209 cm³/mol. The molecule has 13 nitrogen and oxygen atoms in total. The van der Waals surface area contributed by atoms with Crippen molar-refractivity contribution >= 4 is 46.8 Å². The number of hydrogen-bond donors (Lipinski definition) is 4. The summed E-state index contributed by atoms with van der Waals surface area (Å²) in [5, 5.41) is 19.8. The van der Waals surface area contributed by atoms with Gasteiger partial charge >= 0.3 is 6.09 Å². The first-order valence-electron chi connectivity index (χ1n) is 17.9. The maximum Gasteiger partial charge on any atom is 0.407 e. The zero-order chi connectivity index (χ0) is 38.8. The third kappa shape index (κ3) is 8.14. The number of ether oxygens (including phenoxy) is 1. The molecule has 2 aliphatic rings. The highest BCUT2D eigenvalue weighted by Gasteiger charge is 2.26. The minimum Gasteiger partial charge on any atom is -0.481 e. The minimum absolute atomic E-state index is 0.0777. The average Bonchev–Trinajstić information content (AvgIpc) is 3.78. The van der Waals surface area contributed by atoms with Crippen molar-refractivity contribution in [3.05, 3.63) is 104 Å². The lowest BCUT2D eigenvalue weighted by Crippen LogP contribution is -2.41. The fourth-order valence-electron chi connectivity index (χ4n) is 7.17. The fraction of sp³-hybridized carbons (Fsp3) is 0.300. The smallest absolute Gasteiger partial charge is 0.407 e. The molecule has 5 heterocycles. The van der Waals surface area contributed by atoms with Gasteiger partial charge in [0.2, 0.25) is 17.7 Å². The molecule has 0 unspecified atom stereocenters. The van der Waals surface area contributed by atoms with Gasteiger partial charge in [-0.05, 0) is 37.5 Å². The molecule has 2 aromatic carbocycles. The lowest BCUT2D eigenvalue weighted by molar-refractivity contribution is -0.120. The third-order valence-corrected chi connectivity index (χ3v) is 10.8. The number of carboxylic acid groups (broad SMARTS) is 1. The number of aromatic nitrogens is 3. The van der Waals surface area contributed by atoms with E-state index in [1.807, 2.05) is 61.5 Å². The number of carbonyl (C=O) groups excluding carboxylic acids is 2. The van der Waals surface area contributed by atoms with Crippen LogP contribution in [0.3, 0.4) is 0 Å². The Labute approximate surface area is 326 Å². The van der Waals surface area contributed by atoms with Gasteiger partial charge in [0.25, 0.3) is 5.56 Å². The molecule has 2 atom stereocenters. The molecule has 55 heavy (non-hydrogen) atoms. The normalized spacial score (nSPS) is 16.7. The van der Waals surface area contributed by atoms with E-state index >= 15 is 0 Å². The summed E-state index contributed by atoms with van der Waals surface area (Å²) in [4.78, 5) is 59.3. The van der Waals surface area contributed by atoms with Crippen molar-refractivity contribution < 1.29 is 24.2 Å². The number of carbonyl (C=O) groups is 3. The number of benzene rings is 2. The van der Waals surface area contributed by atoms with Gasteiger partial charge in [-0.15, -0.1) is 0 Å². The van der Waals surface area contributed by atoms with Gasteiger partial charge in [-0.1, -0.05) is 65.7 Å². The molecule has 0 aliphatic carbocycles. The van der Waals surface area contributed by atoms with Crippen LogP contribution >= 0.6 is 23.2 Å². The first-order valence-corrected chi connectivity index (χ1v) is 18.7. The standard InChI is InChI=1S/C40H39Cl2N7O6/c1-22-15-24(19-49-35(52)16-27(46-38(22)49)21-48(40(53)54)20-26-11-14-34(51)45-26)28-5-3-6-29(36(28)41)30-7-4-8-31(37(30)42)32-12-9-23(39(47-32)55-2)17-43-18-25-10-13-33(50)44-25/h3-9,12,15-16,19,25-26,43H,10-11,13-14,17-18,20-21H2,1-2H3,(H,44,50)(H,45,51)(H,53,54)/t25-,26-/m0/s1. The Bertz CT molecular complexity index is 2390. The van der Waals surface area contributed by atoms with Crippen LogP contribution < -0.4 is 26.2 Å². The van der Waals surface area contributed by atoms with Crippen LogP contribution in [0, 0.1) is 6.92 Å². The van der Waals surface area contributed by atoms with Crippen molar-refractivity contribution in [1.29, 1.82) is 0 Å². The first kappa shape index (κ1) is 37.8. The largest absolute Gasteiger partial charge is 0.481 e. The summed E-state index contributed by atoms with van der Waals surface area (Å²) in [6, 6.07) is 18.1. The molecular weight excluding hydrogens is 745 g/mol. The molecule has 15 heteroatoms. The lowest BCUT2D eigenvalue weighted by Gasteiger charge is -2.22. The van der Waals surface area contributed by atoms with E-state index in [0.717, 1.165) is 16.9 Å². The van der Waals surface area contributed by atoms with Crippen LogP contribution in [0.15, 0.2) is 71.7 Å². The van der Waals surface area contributed by atoms with E-state index in [1.165, 1.54) is 10.5 Å². The monoisotopic (exact) mass is 783 g/mol. The second kappa shape index (κ2) is 16.1. The number of aryl methyl sites for hydroxylation is 1. The number of amides is 3. The molecule has 2 saturated heterocycles. The average molecular weight is 785 g/mol. The Hall–Kier alpha value is -5.50. The summed E-state index contributed by atoms with van der Waals surface area (Å²) >= 11 is 14.2. The molecule has 4 N–H and O–H groups in total. The Kier molecular flexibility index (Phi) is 11.0. The number of fused-ring (bicyclic) bond motifs is 1. The molecule has 0 spiro atoms. The quantitative estimate of drug-likeness (QED) is 0.122. The zero-order valence-electron chi connectivity index (χ0n) is 30.2. The second-order valence-electron chi connectivity index (χ2n) is 13.8. The van der Waals surface area contributed by atoms with Crippen molar-refractivity contribution in [3.8, 4) is 39.4 Å². The van der Waals surface area contributed by atoms with E-state index in [9.17, 15) is 24.3 Å². The van der Waals surface area contributed by atoms with Crippen LogP contribution in [0.4, 0.5) is 4.79 Å². The maximum absolute atomic E-state index is 13.5. The first-order chi connectivity index (χ1) is 26.5. The second-order valence-corrected chi connectivity index (χ2v) is 14.5. The van der Waals surface area contributed by atoms with Crippen LogP contribution in [0.5, 0.6) is 5.88 Å². The van der Waals surface area contributed by atoms with E-state index in [1.54, 1.807) is 13.3 Å². The van der Waals surface area contributed by atoms with Gasteiger partial charge in [0.05, 0.1) is 35.1 Å². The van der Waals surface area contributed by atoms with Crippen molar-refractivity contribution in [2.75, 3.05) is 20.2 Å². The van der Waals surface area contributed by atoms with Gasteiger partial charge < -0.3 is 30.7 Å². The van der Waals surface area contributed by atoms with E-state index in [0.29, 0.717) is 98.7 Å². The highest BCUT2D eigenvalue weighted by Crippen LogP contribution is 2.42. The van der Waals surface area contributed by atoms with Crippen LogP contribution in [-0.2, 0) is 22.7 Å². The SMILES string of the molecule is COc1nc(-c2cccc(-c3cccc(-c4cc(C)c5nc(CN(C[C@@H]6CCC(=O)N6)C(=O)O)cc(=O)n5c4)c3Cl)c2Cl)ccc1CNC[C@@H]1CCC(=O)N1. The molecule has 284 valence electrons. The highest BCUT2D eigenvalue weighted by atomic mass is 35.5. The Morgan fingerprint density at radius 1 is 0.927 bits per heavy atom. The number of nitrogens with one attached hydrogen (secondary N) is 3. The molecule has 0 saturated carbocycles. The molecule has 0 radical (unpaired) electrons. The molecule has 0 bridgehead atoms. The lowest BCUT2D eigenvalue weighted by atomic mass is 9.97. The number of methoxy groups -OCH3 is 1. The highest BCUT2D eigenvalue weighted by molar-refractivity contribution is 6.39. The van der Waals surface area contributed by atoms with Gasteiger partial charge in [0.1, 0.15) is 5.65 Å². The van der Waals surface area contributed by atoms with E-state index in [4.69, 9.17) is 32.9 Å². The van der Waals surface area contributed by atoms with E-state index in [-0.39, 0.29) is 42.5 Å². The number of rotatable bonds is 12. The Morgan fingerprint density at radius 3 is 2.24 bits per heavy atom. The summed E-state index contributed by atoms with van der Waals surface area (Å²) in [6.45, 7) is 2.99. The summed E-state index contributed by atoms with van der Waals surface area (Å²) in [5.41, 5.74) is 5.91. The summed E-state index contributed by atoms with van der Waals surface area (Å²) < 4.78 is 7.07. The van der Waals surface area contributed by atoms with Gasteiger partial charge in [0.15, 0.2) is 0 Å². The van der Waals surface area contributed by atoms with E-state index in [2.05, 4.69) is 20.9 Å². The molecule has 2 aliphatic heterocycles. The van der Waals surface area contributed by atoms with Crippen molar-refractivity contribution in [2.45, 2.75) is 57.8 Å². The van der Waals surface area contributed by atoms with Crippen LogP contribution in [0.2, 0.25) is 10.0 Å². The maximum atomic E-state index is 13.5. The molecule has 7 rings (SSSR count). The van der Waals surface area contributed by atoms with Crippen LogP contribution in [0.1, 0.15) is 42.5 Å². The summed E-state index contributed by atoms with van der Waals surface area (Å²) in [7, 11) is 1.57. The summed E-state index contributed by atoms with van der Waals surface area (Å²) in [6.07, 6.45) is 2.76. The molecule has 3 amide bonds. The van der Waals surface area contributed by atoms with Crippen molar-refractivity contribution in [2.24, 2.45) is 0 Å². The molecule has 3 aromatic heterocycles. The van der Waals surface area contributed by atoms with Crippen molar-refractivity contribution in [1.82, 2.24) is 35.2 Å². The van der Waals surface area contributed by atoms with Gasteiger partial charge in [0, 0.05) is 90.2 Å². The topological polar surface area (TPSA) is 167 Å². The van der Waals surface area contributed by atoms with E-state index < -0.39 is 6.09 Å². The molecule has 2 fully saturated rings. The summed E-state index contributed by atoms with van der Waals surface area (Å²) in [5.74, 6) is 0.432. The van der Waals surface area contributed by atoms with Crippen molar-refractivity contribution in [3.63, 3.8) is 0 Å². The third-order valence-electron chi connectivity index (χ3n) is 9.95. The number of pyridine rings is 2. The number of hydrogen-bond acceptors (Lipinski definition) is 8. The van der Waals surface area contributed by atoms with Gasteiger partial charge in [-0.2, -0.15) is 0 Å². The Morgan fingerprint density at radius 2 is 1.58 bits per heavy atom. The number of halogens is 2. The van der Waals surface area contributed by atoms with Gasteiger partial charge in [-0.3, -0.25) is 18.8 Å². The Balaban J connectivity index is 1.14. The van der Waals surface area contributed by atoms with Gasteiger partial charge in [-0.25, -0.2) is 14.8 Å². The fourth-order valence-corrected chi connectivity index (χ4v) is 7.83. The minimum atomic E-state index is -1.17. The van der Waals surface area contributed by atoms with Crippen LogP contribution in [-0.4, -0.2) is 74.6 Å². The predicted octanol–water partition coefficient (Wildman–Crippen LogP) is 5.84. The molecule has 5 aromatic rings. The number of nitrogens with zero attached hydrogens (tertiary/aromatic N) is 4. The van der Waals surface area contributed by atoms with Crippen LogP contribution in [0.25, 0.3) is 39.2 Å².